The van der Waals surface area contributed by atoms with Crippen LogP contribution in [0.15, 0.2) is 168 Å². The first-order valence-electron chi connectivity index (χ1n) is 16.4. The third kappa shape index (κ3) is 4.49. The van der Waals surface area contributed by atoms with Gasteiger partial charge < -0.3 is 4.42 Å². The van der Waals surface area contributed by atoms with Gasteiger partial charge in [0.2, 0.25) is 0 Å². The minimum Gasteiger partial charge on any atom is -0.456 e. The molecule has 0 aliphatic carbocycles. The van der Waals surface area contributed by atoms with Gasteiger partial charge >= 0.3 is 0 Å². The summed E-state index contributed by atoms with van der Waals surface area (Å²) in [5.41, 5.74) is 6.70. The number of fused-ring (bicyclic) bond motifs is 8. The van der Waals surface area contributed by atoms with Gasteiger partial charge in [-0.1, -0.05) is 140 Å². The van der Waals surface area contributed by atoms with Gasteiger partial charge in [-0.2, -0.15) is 0 Å². The fourth-order valence-corrected chi connectivity index (χ4v) is 7.22. The van der Waals surface area contributed by atoms with Crippen molar-refractivity contribution in [3.8, 4) is 45.3 Å². The molecular weight excluding hydrogens is 599 g/mol. The Bertz CT molecular complexity index is 2800. The zero-order valence-electron chi connectivity index (χ0n) is 26.3. The number of rotatable bonds is 4. The van der Waals surface area contributed by atoms with Crippen LogP contribution in [0.25, 0.3) is 99.5 Å². The molecule has 0 radical (unpaired) electrons. The van der Waals surface area contributed by atoms with Crippen LogP contribution < -0.4 is 0 Å². The molecule has 228 valence electrons. The lowest BCUT2D eigenvalue weighted by molar-refractivity contribution is 0.669. The maximum atomic E-state index is 6.48. The monoisotopic (exact) mass is 625 g/mol. The highest BCUT2D eigenvalue weighted by Crippen LogP contribution is 2.42. The van der Waals surface area contributed by atoms with E-state index in [1.54, 1.807) is 0 Å². The third-order valence-corrected chi connectivity index (χ3v) is 9.50. The summed E-state index contributed by atoms with van der Waals surface area (Å²) in [5, 5.41) is 9.47. The van der Waals surface area contributed by atoms with Crippen LogP contribution >= 0.6 is 0 Å². The van der Waals surface area contributed by atoms with Crippen molar-refractivity contribution in [2.75, 3.05) is 0 Å². The van der Waals surface area contributed by atoms with E-state index in [9.17, 15) is 0 Å². The van der Waals surface area contributed by atoms with Gasteiger partial charge in [-0.15, -0.1) is 0 Å². The summed E-state index contributed by atoms with van der Waals surface area (Å²) >= 11 is 0. The Morgan fingerprint density at radius 2 is 0.959 bits per heavy atom. The van der Waals surface area contributed by atoms with Crippen LogP contribution in [0.4, 0.5) is 0 Å². The van der Waals surface area contributed by atoms with Crippen molar-refractivity contribution < 1.29 is 4.42 Å². The van der Waals surface area contributed by atoms with Crippen molar-refractivity contribution in [3.05, 3.63) is 164 Å². The molecule has 0 saturated heterocycles. The summed E-state index contributed by atoms with van der Waals surface area (Å²) in [4.78, 5) is 15.0. The molecule has 0 unspecified atom stereocenters. The molecule has 49 heavy (non-hydrogen) atoms. The molecule has 8 aromatic carbocycles. The smallest absolute Gasteiger partial charge is 0.164 e. The van der Waals surface area contributed by atoms with Crippen LogP contribution in [0, 0.1) is 0 Å². The Balaban J connectivity index is 1.23. The van der Waals surface area contributed by atoms with Crippen molar-refractivity contribution in [1.82, 2.24) is 15.0 Å². The Morgan fingerprint density at radius 1 is 0.327 bits per heavy atom. The van der Waals surface area contributed by atoms with Gasteiger partial charge in [0.1, 0.15) is 11.2 Å². The summed E-state index contributed by atoms with van der Waals surface area (Å²) < 4.78 is 6.48. The molecular formula is C45H27N3O. The zero-order valence-corrected chi connectivity index (χ0v) is 26.3. The first kappa shape index (κ1) is 27.5. The molecule has 10 rings (SSSR count). The summed E-state index contributed by atoms with van der Waals surface area (Å²) in [7, 11) is 0. The molecule has 4 nitrogen and oxygen atoms in total. The molecule has 0 bridgehead atoms. The first-order chi connectivity index (χ1) is 24.3. The molecule has 0 N–H and O–H groups in total. The predicted octanol–water partition coefficient (Wildman–Crippen LogP) is 11.9. The minimum absolute atomic E-state index is 0.606. The minimum atomic E-state index is 0.606. The lowest BCUT2D eigenvalue weighted by atomic mass is 9.90. The van der Waals surface area contributed by atoms with Gasteiger partial charge in [0.05, 0.1) is 0 Å². The van der Waals surface area contributed by atoms with Crippen molar-refractivity contribution in [3.63, 3.8) is 0 Å². The number of benzene rings is 8. The van der Waals surface area contributed by atoms with Crippen molar-refractivity contribution >= 4 is 54.3 Å². The van der Waals surface area contributed by atoms with Crippen LogP contribution in [0.3, 0.4) is 0 Å². The second-order valence-electron chi connectivity index (χ2n) is 12.4. The van der Waals surface area contributed by atoms with E-state index < -0.39 is 0 Å². The normalized spacial score (nSPS) is 11.7. The van der Waals surface area contributed by atoms with E-state index in [2.05, 4.69) is 91.0 Å². The highest BCUT2D eigenvalue weighted by Gasteiger charge is 2.19. The molecule has 2 heterocycles. The fraction of sp³-hybridized carbons (Fsp3) is 0. The van der Waals surface area contributed by atoms with Gasteiger partial charge in [0.25, 0.3) is 0 Å². The second-order valence-corrected chi connectivity index (χ2v) is 12.4. The van der Waals surface area contributed by atoms with E-state index in [-0.39, 0.29) is 0 Å². The number of nitrogens with zero attached hydrogens (tertiary/aromatic N) is 3. The van der Waals surface area contributed by atoms with Gasteiger partial charge in [-0.05, 0) is 67.7 Å². The quantitative estimate of drug-likeness (QED) is 0.183. The van der Waals surface area contributed by atoms with Crippen LogP contribution in [-0.2, 0) is 0 Å². The highest BCUT2D eigenvalue weighted by molar-refractivity contribution is 6.24. The predicted molar refractivity (Wildman–Crippen MR) is 201 cm³/mol. The zero-order chi connectivity index (χ0) is 32.3. The average Bonchev–Trinajstić information content (AvgIpc) is 3.56. The van der Waals surface area contributed by atoms with E-state index >= 15 is 0 Å². The Hall–Kier alpha value is -6.65. The number of hydrogen-bond acceptors (Lipinski definition) is 4. The Labute approximate surface area is 282 Å². The van der Waals surface area contributed by atoms with Crippen LogP contribution in [0.1, 0.15) is 0 Å². The number of furan rings is 1. The number of hydrogen-bond donors (Lipinski definition) is 0. The Kier molecular flexibility index (Phi) is 6.15. The van der Waals surface area contributed by atoms with Crippen molar-refractivity contribution in [2.24, 2.45) is 0 Å². The first-order valence-corrected chi connectivity index (χ1v) is 16.4. The molecule has 10 aromatic rings. The molecule has 2 aromatic heterocycles. The number of aromatic nitrogens is 3. The maximum absolute atomic E-state index is 6.48. The summed E-state index contributed by atoms with van der Waals surface area (Å²) in [6.45, 7) is 0. The molecule has 0 spiro atoms. The Morgan fingerprint density at radius 3 is 1.69 bits per heavy atom. The maximum Gasteiger partial charge on any atom is 0.164 e. The second kappa shape index (κ2) is 11.0. The molecule has 0 aliphatic heterocycles. The van der Waals surface area contributed by atoms with E-state index in [4.69, 9.17) is 19.4 Å². The lowest BCUT2D eigenvalue weighted by Crippen LogP contribution is -2.00. The van der Waals surface area contributed by atoms with Crippen molar-refractivity contribution in [1.29, 1.82) is 0 Å². The van der Waals surface area contributed by atoms with E-state index in [1.807, 2.05) is 72.8 Å². The standard InChI is InChI=1S/C45H27N3O/c1-3-13-29(14-4-1)43-46-44(30-15-5-2-6-16-30)48-45(47-43)36-20-11-21-40-42(36)38-27-32(23-25-39(38)49-40)37-26-31-17-8-10-19-34(31)41-33-18-9-7-12-28(33)22-24-35(37)41/h1-27H. The van der Waals surface area contributed by atoms with E-state index in [1.165, 1.54) is 37.9 Å². The third-order valence-electron chi connectivity index (χ3n) is 9.50. The topological polar surface area (TPSA) is 51.8 Å². The SMILES string of the molecule is c1ccc(-c2nc(-c3ccccc3)nc(-c3cccc4oc5ccc(-c6cc7ccccc7c7c6ccc6ccccc67)cc5c34)n2)cc1. The van der Waals surface area contributed by atoms with Crippen LogP contribution in [0.2, 0.25) is 0 Å². The summed E-state index contributed by atoms with van der Waals surface area (Å²) in [6, 6.07) is 57.0. The van der Waals surface area contributed by atoms with Crippen LogP contribution in [0.5, 0.6) is 0 Å². The molecule has 0 fully saturated rings. The average molecular weight is 626 g/mol. The largest absolute Gasteiger partial charge is 0.456 e. The molecule has 4 heteroatoms. The van der Waals surface area contributed by atoms with E-state index in [0.29, 0.717) is 17.5 Å². The highest BCUT2D eigenvalue weighted by atomic mass is 16.3. The summed E-state index contributed by atoms with van der Waals surface area (Å²) in [6.07, 6.45) is 0. The molecule has 0 saturated carbocycles. The van der Waals surface area contributed by atoms with Crippen LogP contribution in [-0.4, -0.2) is 15.0 Å². The van der Waals surface area contributed by atoms with Crippen molar-refractivity contribution in [2.45, 2.75) is 0 Å². The molecule has 0 atom stereocenters. The van der Waals surface area contributed by atoms with Gasteiger partial charge in [0, 0.05) is 27.5 Å². The van der Waals surface area contributed by atoms with Gasteiger partial charge in [-0.25, -0.2) is 15.0 Å². The van der Waals surface area contributed by atoms with E-state index in [0.717, 1.165) is 44.2 Å². The fourth-order valence-electron chi connectivity index (χ4n) is 7.22. The summed E-state index contributed by atoms with van der Waals surface area (Å²) in [5.74, 6) is 1.86. The molecule has 0 aliphatic rings. The lowest BCUT2D eigenvalue weighted by Gasteiger charge is -2.14. The van der Waals surface area contributed by atoms with Gasteiger partial charge in [-0.3, -0.25) is 0 Å². The van der Waals surface area contributed by atoms with Gasteiger partial charge in [0.15, 0.2) is 17.5 Å². The molecule has 0 amide bonds.